The molecule has 0 aromatic carbocycles. The molecular formula is C13H22N2O3. The molecule has 5 heteroatoms. The monoisotopic (exact) mass is 254 g/mol. The minimum absolute atomic E-state index is 0.0502. The molecule has 1 N–H and O–H groups in total. The molecule has 0 unspecified atom stereocenters. The molecule has 18 heavy (non-hydrogen) atoms. The zero-order valence-electron chi connectivity index (χ0n) is 10.8. The zero-order valence-corrected chi connectivity index (χ0v) is 10.8. The molecule has 0 aromatic heterocycles. The predicted molar refractivity (Wildman–Crippen MR) is 66.0 cm³/mol. The average Bonchev–Trinajstić information content (AvgIpc) is 3.11. The Balaban J connectivity index is 1.57. The molecule has 0 spiro atoms. The molecule has 3 aliphatic heterocycles. The summed E-state index contributed by atoms with van der Waals surface area (Å²) in [5, 5.41) is 3.28. The van der Waals surface area contributed by atoms with Crippen molar-refractivity contribution < 1.29 is 14.3 Å². The Bertz CT molecular complexity index is 299. The number of nitrogens with zero attached hydrogens (tertiary/aromatic N) is 1. The first-order valence-electron chi connectivity index (χ1n) is 7.10. The molecule has 2 atom stereocenters. The van der Waals surface area contributed by atoms with Gasteiger partial charge in [0.05, 0.1) is 19.3 Å². The van der Waals surface area contributed by atoms with Crippen molar-refractivity contribution in [1.29, 1.82) is 0 Å². The van der Waals surface area contributed by atoms with E-state index in [1.807, 2.05) is 4.90 Å². The third kappa shape index (κ3) is 2.53. The normalized spacial score (nSPS) is 34.1. The summed E-state index contributed by atoms with van der Waals surface area (Å²) < 4.78 is 11.1. The Labute approximate surface area is 108 Å². The van der Waals surface area contributed by atoms with E-state index in [0.29, 0.717) is 19.1 Å². The van der Waals surface area contributed by atoms with Gasteiger partial charge < -0.3 is 19.7 Å². The van der Waals surface area contributed by atoms with Crippen molar-refractivity contribution in [1.82, 2.24) is 10.2 Å². The molecule has 0 bridgehead atoms. The van der Waals surface area contributed by atoms with E-state index in [9.17, 15) is 4.79 Å². The predicted octanol–water partition coefficient (Wildman–Crippen LogP) is 0.350. The molecule has 5 nitrogen and oxygen atoms in total. The van der Waals surface area contributed by atoms with Gasteiger partial charge in [0.1, 0.15) is 0 Å². The third-order valence-electron chi connectivity index (χ3n) is 4.16. The summed E-state index contributed by atoms with van der Waals surface area (Å²) in [7, 11) is 0. The number of piperidine rings is 1. The zero-order chi connectivity index (χ0) is 12.4. The molecule has 0 radical (unpaired) electrons. The quantitative estimate of drug-likeness (QED) is 0.772. The van der Waals surface area contributed by atoms with Gasteiger partial charge in [0.15, 0.2) is 6.29 Å². The first kappa shape index (κ1) is 12.4. The number of nitrogens with one attached hydrogen (secondary N) is 1. The van der Waals surface area contributed by atoms with Crippen LogP contribution >= 0.6 is 0 Å². The summed E-state index contributed by atoms with van der Waals surface area (Å²) in [6.45, 7) is 4.04. The highest BCUT2D eigenvalue weighted by molar-refractivity contribution is 5.82. The SMILES string of the molecule is O=C([C@@H]1CCCN1)N1CCC[C@@H](C2OCCO2)C1. The van der Waals surface area contributed by atoms with E-state index >= 15 is 0 Å². The second-order valence-electron chi connectivity index (χ2n) is 5.45. The minimum atomic E-state index is -0.0860. The molecule has 3 fully saturated rings. The highest BCUT2D eigenvalue weighted by atomic mass is 16.7. The first-order valence-corrected chi connectivity index (χ1v) is 7.10. The van der Waals surface area contributed by atoms with Gasteiger partial charge in [0.25, 0.3) is 0 Å². The fraction of sp³-hybridized carbons (Fsp3) is 0.923. The van der Waals surface area contributed by atoms with Crippen LogP contribution in [0.4, 0.5) is 0 Å². The van der Waals surface area contributed by atoms with E-state index in [1.54, 1.807) is 0 Å². The van der Waals surface area contributed by atoms with E-state index in [0.717, 1.165) is 45.3 Å². The summed E-state index contributed by atoms with van der Waals surface area (Å²) in [6, 6.07) is 0.0502. The van der Waals surface area contributed by atoms with Crippen LogP contribution in [0, 0.1) is 5.92 Å². The molecule has 0 saturated carbocycles. The number of carbonyl (C=O) groups is 1. The Morgan fingerprint density at radius 2 is 2.00 bits per heavy atom. The smallest absolute Gasteiger partial charge is 0.239 e. The highest BCUT2D eigenvalue weighted by Gasteiger charge is 2.35. The van der Waals surface area contributed by atoms with Gasteiger partial charge in [0, 0.05) is 19.0 Å². The van der Waals surface area contributed by atoms with Crippen LogP contribution in [0.1, 0.15) is 25.7 Å². The Morgan fingerprint density at radius 3 is 2.72 bits per heavy atom. The summed E-state index contributed by atoms with van der Waals surface area (Å²) in [5.74, 6) is 0.627. The molecule has 3 saturated heterocycles. The van der Waals surface area contributed by atoms with Gasteiger partial charge >= 0.3 is 0 Å². The van der Waals surface area contributed by atoms with Crippen LogP contribution < -0.4 is 5.32 Å². The average molecular weight is 254 g/mol. The summed E-state index contributed by atoms with van der Waals surface area (Å²) >= 11 is 0. The summed E-state index contributed by atoms with van der Waals surface area (Å²) in [5.41, 5.74) is 0. The van der Waals surface area contributed by atoms with Crippen LogP contribution in [0.3, 0.4) is 0 Å². The Morgan fingerprint density at radius 1 is 1.17 bits per heavy atom. The maximum atomic E-state index is 12.3. The van der Waals surface area contributed by atoms with Crippen LogP contribution in [0.5, 0.6) is 0 Å². The van der Waals surface area contributed by atoms with Crippen LogP contribution in [-0.4, -0.2) is 56.0 Å². The lowest BCUT2D eigenvalue weighted by molar-refractivity contribution is -0.141. The van der Waals surface area contributed by atoms with Crippen molar-refractivity contribution in [2.75, 3.05) is 32.8 Å². The van der Waals surface area contributed by atoms with Gasteiger partial charge in [-0.25, -0.2) is 0 Å². The molecule has 3 aliphatic rings. The molecular weight excluding hydrogens is 232 g/mol. The Hall–Kier alpha value is -0.650. The van der Waals surface area contributed by atoms with Crippen molar-refractivity contribution in [2.24, 2.45) is 5.92 Å². The largest absolute Gasteiger partial charge is 0.350 e. The number of hydrogen-bond donors (Lipinski definition) is 1. The number of carbonyl (C=O) groups excluding carboxylic acids is 1. The second-order valence-corrected chi connectivity index (χ2v) is 5.45. The van der Waals surface area contributed by atoms with Crippen molar-refractivity contribution in [3.05, 3.63) is 0 Å². The van der Waals surface area contributed by atoms with Gasteiger partial charge in [-0.05, 0) is 32.2 Å². The maximum Gasteiger partial charge on any atom is 0.239 e. The first-order chi connectivity index (χ1) is 8.84. The van der Waals surface area contributed by atoms with Crippen LogP contribution in [0.25, 0.3) is 0 Å². The van der Waals surface area contributed by atoms with Gasteiger partial charge in [-0.1, -0.05) is 0 Å². The minimum Gasteiger partial charge on any atom is -0.350 e. The number of amides is 1. The van der Waals surface area contributed by atoms with Crippen LogP contribution in [0.15, 0.2) is 0 Å². The Kier molecular flexibility index (Phi) is 3.82. The number of rotatable bonds is 2. The van der Waals surface area contributed by atoms with Crippen molar-refractivity contribution in [3.63, 3.8) is 0 Å². The van der Waals surface area contributed by atoms with Crippen LogP contribution in [-0.2, 0) is 14.3 Å². The molecule has 3 rings (SSSR count). The van der Waals surface area contributed by atoms with Crippen molar-refractivity contribution in [3.8, 4) is 0 Å². The topological polar surface area (TPSA) is 50.8 Å². The third-order valence-corrected chi connectivity index (χ3v) is 4.16. The fourth-order valence-corrected chi connectivity index (χ4v) is 3.20. The lowest BCUT2D eigenvalue weighted by Gasteiger charge is -2.36. The molecule has 0 aromatic rings. The summed E-state index contributed by atoms with van der Waals surface area (Å²) in [4.78, 5) is 14.3. The number of likely N-dealkylation sites (tertiary alicyclic amines) is 1. The lowest BCUT2D eigenvalue weighted by Crippen LogP contribution is -2.49. The van der Waals surface area contributed by atoms with Crippen LogP contribution in [0.2, 0.25) is 0 Å². The highest BCUT2D eigenvalue weighted by Crippen LogP contribution is 2.25. The number of hydrogen-bond acceptors (Lipinski definition) is 4. The van der Waals surface area contributed by atoms with E-state index < -0.39 is 0 Å². The lowest BCUT2D eigenvalue weighted by atomic mass is 9.96. The summed E-state index contributed by atoms with van der Waals surface area (Å²) in [6.07, 6.45) is 4.18. The molecule has 102 valence electrons. The molecule has 3 heterocycles. The standard InChI is InChI=1S/C13H22N2O3/c16-12(11-4-1-5-14-11)15-6-2-3-10(9-15)13-17-7-8-18-13/h10-11,13-14H,1-9H2/t10-,11+/m1/s1. The van der Waals surface area contributed by atoms with E-state index in [-0.39, 0.29) is 18.2 Å². The van der Waals surface area contributed by atoms with Gasteiger partial charge in [0.2, 0.25) is 5.91 Å². The van der Waals surface area contributed by atoms with Gasteiger partial charge in [-0.2, -0.15) is 0 Å². The van der Waals surface area contributed by atoms with Gasteiger partial charge in [-0.3, -0.25) is 4.79 Å². The number of ether oxygens (including phenoxy) is 2. The van der Waals surface area contributed by atoms with Crippen molar-refractivity contribution >= 4 is 5.91 Å². The van der Waals surface area contributed by atoms with Crippen molar-refractivity contribution in [2.45, 2.75) is 38.0 Å². The van der Waals surface area contributed by atoms with Gasteiger partial charge in [-0.15, -0.1) is 0 Å². The van der Waals surface area contributed by atoms with E-state index in [2.05, 4.69) is 5.32 Å². The molecule has 0 aliphatic carbocycles. The van der Waals surface area contributed by atoms with E-state index in [1.165, 1.54) is 0 Å². The fourth-order valence-electron chi connectivity index (χ4n) is 3.20. The maximum absolute atomic E-state index is 12.3. The second kappa shape index (κ2) is 5.55. The van der Waals surface area contributed by atoms with E-state index in [4.69, 9.17) is 9.47 Å². The molecule has 1 amide bonds.